The van der Waals surface area contributed by atoms with Gasteiger partial charge in [0, 0.05) is 44.6 Å². The zero-order chi connectivity index (χ0) is 16.6. The van der Waals surface area contributed by atoms with E-state index in [4.69, 9.17) is 0 Å². The minimum Gasteiger partial charge on any atom is -0.355 e. The number of nitrogens with one attached hydrogen (secondary N) is 3. The summed E-state index contributed by atoms with van der Waals surface area (Å²) in [6.45, 7) is 2.40. The quantitative estimate of drug-likeness (QED) is 0.305. The first-order chi connectivity index (χ1) is 11.8. The molecule has 25 heavy (non-hydrogen) atoms. The molecule has 0 atom stereocenters. The number of H-pyrrole nitrogens is 1. The van der Waals surface area contributed by atoms with Gasteiger partial charge in [0.15, 0.2) is 11.8 Å². The molecule has 8 heteroatoms. The second kappa shape index (κ2) is 9.82. The van der Waals surface area contributed by atoms with Gasteiger partial charge < -0.3 is 15.2 Å². The Hall–Kier alpha value is -2.36. The molecule has 0 unspecified atom stereocenters. The SMILES string of the molecule is CN=C(NCCn1cccc1)NCc1cccc(-c2ncn[nH]2)c1.I. The minimum absolute atomic E-state index is 0. The van der Waals surface area contributed by atoms with Crippen LogP contribution in [0.15, 0.2) is 60.1 Å². The summed E-state index contributed by atoms with van der Waals surface area (Å²) in [5.74, 6) is 1.55. The predicted molar refractivity (Wildman–Crippen MR) is 110 cm³/mol. The molecule has 3 N–H and O–H groups in total. The lowest BCUT2D eigenvalue weighted by molar-refractivity contribution is 0.665. The summed E-state index contributed by atoms with van der Waals surface area (Å²) in [5, 5.41) is 13.4. The Kier molecular flexibility index (Phi) is 7.45. The number of aliphatic imine (C=N–C) groups is 1. The van der Waals surface area contributed by atoms with Gasteiger partial charge in [0.25, 0.3) is 0 Å². The molecule has 2 heterocycles. The fourth-order valence-electron chi connectivity index (χ4n) is 2.40. The largest absolute Gasteiger partial charge is 0.355 e. The highest BCUT2D eigenvalue weighted by molar-refractivity contribution is 14.0. The van der Waals surface area contributed by atoms with Crippen molar-refractivity contribution >= 4 is 29.9 Å². The summed E-state index contributed by atoms with van der Waals surface area (Å²) in [7, 11) is 1.77. The Morgan fingerprint density at radius 1 is 1.20 bits per heavy atom. The van der Waals surface area contributed by atoms with E-state index in [-0.39, 0.29) is 24.0 Å². The van der Waals surface area contributed by atoms with Crippen LogP contribution in [-0.2, 0) is 13.1 Å². The van der Waals surface area contributed by atoms with Crippen LogP contribution >= 0.6 is 24.0 Å². The molecule has 0 aliphatic heterocycles. The molecule has 3 aromatic rings. The van der Waals surface area contributed by atoms with Crippen molar-refractivity contribution in [2.24, 2.45) is 4.99 Å². The van der Waals surface area contributed by atoms with Gasteiger partial charge >= 0.3 is 0 Å². The van der Waals surface area contributed by atoms with Gasteiger partial charge in [0.1, 0.15) is 6.33 Å². The Bertz CT molecular complexity index is 766. The molecule has 132 valence electrons. The van der Waals surface area contributed by atoms with Crippen molar-refractivity contribution in [3.63, 3.8) is 0 Å². The van der Waals surface area contributed by atoms with Crippen LogP contribution in [0.2, 0.25) is 0 Å². The topological polar surface area (TPSA) is 82.9 Å². The van der Waals surface area contributed by atoms with Gasteiger partial charge in [-0.2, -0.15) is 5.10 Å². The van der Waals surface area contributed by atoms with Crippen LogP contribution in [0.1, 0.15) is 5.56 Å². The molecular formula is C17H22IN7. The molecule has 0 bridgehead atoms. The van der Waals surface area contributed by atoms with E-state index in [0.29, 0.717) is 6.54 Å². The summed E-state index contributed by atoms with van der Waals surface area (Å²) < 4.78 is 2.13. The zero-order valence-electron chi connectivity index (χ0n) is 14.0. The number of aromatic amines is 1. The highest BCUT2D eigenvalue weighted by atomic mass is 127. The third-order valence-electron chi connectivity index (χ3n) is 3.63. The van der Waals surface area contributed by atoms with Crippen molar-refractivity contribution in [2.75, 3.05) is 13.6 Å². The molecule has 7 nitrogen and oxygen atoms in total. The van der Waals surface area contributed by atoms with Crippen molar-refractivity contribution < 1.29 is 0 Å². The van der Waals surface area contributed by atoms with E-state index in [2.05, 4.69) is 47.5 Å². The van der Waals surface area contributed by atoms with Crippen LogP contribution in [0.4, 0.5) is 0 Å². The average molecular weight is 451 g/mol. The van der Waals surface area contributed by atoms with Crippen LogP contribution in [0.3, 0.4) is 0 Å². The molecule has 3 rings (SSSR count). The maximum Gasteiger partial charge on any atom is 0.191 e. The molecule has 0 spiro atoms. The van der Waals surface area contributed by atoms with Crippen molar-refractivity contribution in [2.45, 2.75) is 13.1 Å². The summed E-state index contributed by atoms with van der Waals surface area (Å²) in [6, 6.07) is 12.2. The Labute approximate surface area is 164 Å². The van der Waals surface area contributed by atoms with Crippen molar-refractivity contribution in [1.82, 2.24) is 30.4 Å². The first-order valence-electron chi connectivity index (χ1n) is 7.85. The van der Waals surface area contributed by atoms with Crippen LogP contribution in [0.25, 0.3) is 11.4 Å². The molecule has 0 saturated carbocycles. The fraction of sp³-hybridized carbons (Fsp3) is 0.235. The molecule has 2 aromatic heterocycles. The molecular weight excluding hydrogens is 429 g/mol. The average Bonchev–Trinajstić information content (AvgIpc) is 3.31. The van der Waals surface area contributed by atoms with Gasteiger partial charge in [-0.3, -0.25) is 10.1 Å². The maximum atomic E-state index is 4.25. The van der Waals surface area contributed by atoms with Crippen molar-refractivity contribution in [3.8, 4) is 11.4 Å². The number of nitrogens with zero attached hydrogens (tertiary/aromatic N) is 4. The van der Waals surface area contributed by atoms with Gasteiger partial charge in [-0.25, -0.2) is 4.98 Å². The minimum atomic E-state index is 0. The fourth-order valence-corrected chi connectivity index (χ4v) is 2.40. The maximum absolute atomic E-state index is 4.25. The molecule has 0 saturated heterocycles. The third kappa shape index (κ3) is 5.59. The van der Waals surface area contributed by atoms with Gasteiger partial charge in [-0.1, -0.05) is 18.2 Å². The van der Waals surface area contributed by atoms with Gasteiger partial charge in [-0.05, 0) is 23.8 Å². The van der Waals surface area contributed by atoms with Crippen molar-refractivity contribution in [1.29, 1.82) is 0 Å². The standard InChI is InChI=1S/C17H21N7.HI/c1-18-17(19-7-10-24-8-2-3-9-24)20-12-14-5-4-6-15(11-14)16-21-13-22-23-16;/h2-6,8-9,11,13H,7,10,12H2,1H3,(H2,18,19,20)(H,21,22,23);1H. The molecule has 0 amide bonds. The number of aromatic nitrogens is 4. The lowest BCUT2D eigenvalue weighted by Gasteiger charge is -2.12. The lowest BCUT2D eigenvalue weighted by atomic mass is 10.1. The van der Waals surface area contributed by atoms with Crippen LogP contribution in [0, 0.1) is 0 Å². The summed E-state index contributed by atoms with van der Waals surface area (Å²) in [5.41, 5.74) is 2.17. The predicted octanol–water partition coefficient (Wildman–Crippen LogP) is 2.26. The summed E-state index contributed by atoms with van der Waals surface area (Å²) in [6.07, 6.45) is 5.61. The summed E-state index contributed by atoms with van der Waals surface area (Å²) >= 11 is 0. The number of hydrogen-bond donors (Lipinski definition) is 3. The first-order valence-corrected chi connectivity index (χ1v) is 7.85. The molecule has 0 fully saturated rings. The van der Waals surface area contributed by atoms with Gasteiger partial charge in [0.05, 0.1) is 0 Å². The Morgan fingerprint density at radius 2 is 2.04 bits per heavy atom. The number of hydrogen-bond acceptors (Lipinski definition) is 3. The smallest absolute Gasteiger partial charge is 0.191 e. The van der Waals surface area contributed by atoms with E-state index in [1.807, 2.05) is 36.7 Å². The van der Waals surface area contributed by atoms with Gasteiger partial charge in [-0.15, -0.1) is 24.0 Å². The second-order valence-corrected chi connectivity index (χ2v) is 5.31. The molecule has 0 aliphatic rings. The van der Waals surface area contributed by atoms with E-state index in [9.17, 15) is 0 Å². The zero-order valence-corrected chi connectivity index (χ0v) is 16.3. The molecule has 0 radical (unpaired) electrons. The number of halogens is 1. The van der Waals surface area contributed by atoms with E-state index in [0.717, 1.165) is 36.0 Å². The van der Waals surface area contributed by atoms with Gasteiger partial charge in [0.2, 0.25) is 0 Å². The van der Waals surface area contributed by atoms with Crippen LogP contribution in [-0.4, -0.2) is 39.3 Å². The number of guanidine groups is 1. The normalized spacial score (nSPS) is 11.0. The highest BCUT2D eigenvalue weighted by Crippen LogP contribution is 2.15. The van der Waals surface area contributed by atoms with Crippen LogP contribution < -0.4 is 10.6 Å². The first kappa shape index (κ1) is 19.0. The lowest BCUT2D eigenvalue weighted by Crippen LogP contribution is -2.38. The molecule has 1 aromatic carbocycles. The van der Waals surface area contributed by atoms with E-state index in [1.165, 1.54) is 6.33 Å². The van der Waals surface area contributed by atoms with E-state index < -0.39 is 0 Å². The van der Waals surface area contributed by atoms with Crippen LogP contribution in [0.5, 0.6) is 0 Å². The number of rotatable bonds is 6. The third-order valence-corrected chi connectivity index (χ3v) is 3.63. The second-order valence-electron chi connectivity index (χ2n) is 5.31. The number of benzene rings is 1. The Balaban J connectivity index is 0.00000225. The van der Waals surface area contributed by atoms with E-state index >= 15 is 0 Å². The molecule has 0 aliphatic carbocycles. The van der Waals surface area contributed by atoms with E-state index in [1.54, 1.807) is 7.05 Å². The summed E-state index contributed by atoms with van der Waals surface area (Å²) in [4.78, 5) is 8.43. The Morgan fingerprint density at radius 3 is 2.76 bits per heavy atom. The monoisotopic (exact) mass is 451 g/mol. The van der Waals surface area contributed by atoms with Crippen molar-refractivity contribution in [3.05, 3.63) is 60.7 Å². The highest BCUT2D eigenvalue weighted by Gasteiger charge is 2.03.